The molecule has 0 radical (unpaired) electrons. The number of para-hydroxylation sites is 1. The molecule has 4 rings (SSSR count). The number of Topliss-reactive ketones (excluding diaryl/α,β-unsaturated/α-hetero) is 1. The van der Waals surface area contributed by atoms with Gasteiger partial charge in [-0.15, -0.1) is 0 Å². The Balaban J connectivity index is 1.74. The van der Waals surface area contributed by atoms with E-state index in [0.29, 0.717) is 40.3 Å². The van der Waals surface area contributed by atoms with Gasteiger partial charge in [-0.05, 0) is 50.6 Å². The van der Waals surface area contributed by atoms with Gasteiger partial charge in [-0.3, -0.25) is 9.59 Å². The Morgan fingerprint density at radius 3 is 2.71 bits per heavy atom. The monoisotopic (exact) mass is 483 g/mol. The highest BCUT2D eigenvalue weighted by atomic mass is 35.5. The highest BCUT2D eigenvalue weighted by Crippen LogP contribution is 2.42. The van der Waals surface area contributed by atoms with Crippen LogP contribution in [0.1, 0.15) is 42.4 Å². The SMILES string of the molecule is COc1ccccc1C1C(C(=O)c2cc3cc(Cl)ccc3o2)=C(O)C(=O)N1CCCOC(C)C. The van der Waals surface area contributed by atoms with E-state index >= 15 is 0 Å². The van der Waals surface area contributed by atoms with Gasteiger partial charge in [0.2, 0.25) is 5.78 Å². The molecule has 0 bridgehead atoms. The number of methoxy groups -OCH3 is 1. The summed E-state index contributed by atoms with van der Waals surface area (Å²) in [5.41, 5.74) is 1.02. The number of hydrogen-bond donors (Lipinski definition) is 1. The maximum atomic E-state index is 13.6. The van der Waals surface area contributed by atoms with Gasteiger partial charge in [0.25, 0.3) is 5.91 Å². The second kappa shape index (κ2) is 9.91. The molecule has 7 nitrogen and oxygen atoms in total. The number of aliphatic hydroxyl groups is 1. The van der Waals surface area contributed by atoms with E-state index in [0.717, 1.165) is 0 Å². The number of halogens is 1. The number of amides is 1. The van der Waals surface area contributed by atoms with Gasteiger partial charge in [0.05, 0.1) is 24.8 Å². The number of carbonyl (C=O) groups excluding carboxylic acids is 2. The van der Waals surface area contributed by atoms with Crippen molar-refractivity contribution in [3.63, 3.8) is 0 Å². The number of fused-ring (bicyclic) bond motifs is 1. The fourth-order valence-corrected chi connectivity index (χ4v) is 4.33. The van der Waals surface area contributed by atoms with E-state index < -0.39 is 23.5 Å². The third-order valence-corrected chi connectivity index (χ3v) is 5.91. The number of aliphatic hydroxyl groups excluding tert-OH is 1. The van der Waals surface area contributed by atoms with Crippen molar-refractivity contribution < 1.29 is 28.6 Å². The first-order valence-electron chi connectivity index (χ1n) is 11.0. The molecule has 1 aromatic heterocycles. The van der Waals surface area contributed by atoms with Gasteiger partial charge in [0, 0.05) is 29.1 Å². The molecule has 0 fully saturated rings. The van der Waals surface area contributed by atoms with Crippen LogP contribution >= 0.6 is 11.6 Å². The van der Waals surface area contributed by atoms with Crippen molar-refractivity contribution in [2.45, 2.75) is 32.4 Å². The van der Waals surface area contributed by atoms with Crippen LogP contribution in [-0.4, -0.2) is 48.1 Å². The summed E-state index contributed by atoms with van der Waals surface area (Å²) in [6.45, 7) is 4.59. The van der Waals surface area contributed by atoms with Crippen LogP contribution in [0.4, 0.5) is 0 Å². The van der Waals surface area contributed by atoms with Crippen LogP contribution in [0.15, 0.2) is 64.3 Å². The Kier molecular flexibility index (Phi) is 6.95. The predicted molar refractivity (Wildman–Crippen MR) is 128 cm³/mol. The molecule has 0 saturated heterocycles. The zero-order chi connectivity index (χ0) is 24.4. The lowest BCUT2D eigenvalue weighted by Gasteiger charge is -2.28. The fraction of sp³-hybridized carbons (Fsp3) is 0.308. The minimum absolute atomic E-state index is 0.0107. The van der Waals surface area contributed by atoms with Crippen molar-refractivity contribution in [1.82, 2.24) is 4.90 Å². The first kappa shape index (κ1) is 23.9. The summed E-state index contributed by atoms with van der Waals surface area (Å²) in [6, 6.07) is 12.9. The number of nitrogens with zero attached hydrogens (tertiary/aromatic N) is 1. The van der Waals surface area contributed by atoms with E-state index in [2.05, 4.69) is 0 Å². The maximum Gasteiger partial charge on any atom is 0.290 e. The summed E-state index contributed by atoms with van der Waals surface area (Å²) >= 11 is 6.06. The van der Waals surface area contributed by atoms with E-state index in [9.17, 15) is 14.7 Å². The number of rotatable bonds is 9. The van der Waals surface area contributed by atoms with Crippen LogP contribution in [0.25, 0.3) is 11.0 Å². The molecule has 0 spiro atoms. The summed E-state index contributed by atoms with van der Waals surface area (Å²) in [5, 5.41) is 12.0. The van der Waals surface area contributed by atoms with E-state index in [1.807, 2.05) is 13.8 Å². The molecule has 2 aromatic carbocycles. The van der Waals surface area contributed by atoms with Gasteiger partial charge < -0.3 is 23.9 Å². The number of hydrogen-bond acceptors (Lipinski definition) is 6. The Hall–Kier alpha value is -3.29. The molecule has 2 heterocycles. The Labute approximate surface area is 202 Å². The van der Waals surface area contributed by atoms with E-state index in [1.165, 1.54) is 12.0 Å². The van der Waals surface area contributed by atoms with Crippen LogP contribution in [0.3, 0.4) is 0 Å². The third-order valence-electron chi connectivity index (χ3n) is 5.68. The molecule has 3 aromatic rings. The van der Waals surface area contributed by atoms with Gasteiger partial charge in [-0.2, -0.15) is 0 Å². The quantitative estimate of drug-likeness (QED) is 0.320. The largest absolute Gasteiger partial charge is 0.503 e. The van der Waals surface area contributed by atoms with Crippen molar-refractivity contribution in [2.75, 3.05) is 20.3 Å². The molecule has 1 unspecified atom stereocenters. The number of ketones is 1. The van der Waals surface area contributed by atoms with Gasteiger partial charge in [-0.1, -0.05) is 29.8 Å². The number of carbonyl (C=O) groups is 2. The molecule has 1 aliphatic heterocycles. The van der Waals surface area contributed by atoms with Crippen molar-refractivity contribution in [3.8, 4) is 5.75 Å². The zero-order valence-corrected chi connectivity index (χ0v) is 20.0. The molecule has 178 valence electrons. The molecular formula is C26H26ClNO6. The van der Waals surface area contributed by atoms with Gasteiger partial charge in [-0.25, -0.2) is 0 Å². The zero-order valence-electron chi connectivity index (χ0n) is 19.2. The molecular weight excluding hydrogens is 458 g/mol. The van der Waals surface area contributed by atoms with Crippen LogP contribution in [0, 0.1) is 0 Å². The molecule has 34 heavy (non-hydrogen) atoms. The Morgan fingerprint density at radius 2 is 1.97 bits per heavy atom. The molecule has 0 aliphatic carbocycles. The minimum atomic E-state index is -0.841. The average molecular weight is 484 g/mol. The van der Waals surface area contributed by atoms with Crippen molar-refractivity contribution in [3.05, 3.63) is 76.2 Å². The van der Waals surface area contributed by atoms with Crippen LogP contribution < -0.4 is 4.74 Å². The summed E-state index contributed by atoms with van der Waals surface area (Å²) in [5.74, 6) is -1.28. The van der Waals surface area contributed by atoms with Gasteiger partial charge in [0.1, 0.15) is 11.3 Å². The van der Waals surface area contributed by atoms with E-state index in [1.54, 1.807) is 48.5 Å². The van der Waals surface area contributed by atoms with Gasteiger partial charge >= 0.3 is 0 Å². The van der Waals surface area contributed by atoms with E-state index in [4.69, 9.17) is 25.5 Å². The molecule has 1 N–H and O–H groups in total. The number of benzene rings is 2. The molecule has 1 aliphatic rings. The highest BCUT2D eigenvalue weighted by Gasteiger charge is 2.45. The van der Waals surface area contributed by atoms with Gasteiger partial charge in [0.15, 0.2) is 11.5 Å². The summed E-state index contributed by atoms with van der Waals surface area (Å²) < 4.78 is 16.9. The lowest BCUT2D eigenvalue weighted by atomic mass is 9.94. The Morgan fingerprint density at radius 1 is 1.21 bits per heavy atom. The normalized spacial score (nSPS) is 16.2. The lowest BCUT2D eigenvalue weighted by molar-refractivity contribution is -0.129. The number of furan rings is 1. The third kappa shape index (κ3) is 4.54. The second-order valence-corrected chi connectivity index (χ2v) is 8.74. The number of ether oxygens (including phenoxy) is 2. The van der Waals surface area contributed by atoms with Crippen molar-refractivity contribution >= 4 is 34.3 Å². The second-order valence-electron chi connectivity index (χ2n) is 8.30. The Bertz CT molecular complexity index is 1260. The molecule has 0 saturated carbocycles. The lowest BCUT2D eigenvalue weighted by Crippen LogP contribution is -2.33. The smallest absolute Gasteiger partial charge is 0.290 e. The fourth-order valence-electron chi connectivity index (χ4n) is 4.14. The summed E-state index contributed by atoms with van der Waals surface area (Å²) in [6.07, 6.45) is 0.595. The summed E-state index contributed by atoms with van der Waals surface area (Å²) in [4.78, 5) is 28.2. The molecule has 8 heteroatoms. The predicted octanol–water partition coefficient (Wildman–Crippen LogP) is 5.49. The maximum absolute atomic E-state index is 13.6. The minimum Gasteiger partial charge on any atom is -0.503 e. The van der Waals surface area contributed by atoms with Crippen molar-refractivity contribution in [2.24, 2.45) is 0 Å². The first-order valence-corrected chi connectivity index (χ1v) is 11.4. The summed E-state index contributed by atoms with van der Waals surface area (Å²) in [7, 11) is 1.52. The average Bonchev–Trinajstić information content (AvgIpc) is 3.35. The van der Waals surface area contributed by atoms with Crippen molar-refractivity contribution in [1.29, 1.82) is 0 Å². The molecule has 1 atom stereocenters. The standard InChI is InChI=1S/C26H26ClNO6/c1-15(2)33-12-6-11-28-23(18-7-4-5-8-20(18)32-3)22(25(30)26(28)31)24(29)21-14-16-13-17(27)9-10-19(16)34-21/h4-5,7-10,13-15,23,30H,6,11-12H2,1-3H3. The first-order chi connectivity index (χ1) is 16.3. The van der Waals surface area contributed by atoms with Crippen LogP contribution in [0.2, 0.25) is 5.02 Å². The van der Waals surface area contributed by atoms with E-state index in [-0.39, 0.29) is 24.0 Å². The van der Waals surface area contributed by atoms with Crippen LogP contribution in [-0.2, 0) is 9.53 Å². The van der Waals surface area contributed by atoms with Crippen LogP contribution in [0.5, 0.6) is 5.75 Å². The highest BCUT2D eigenvalue weighted by molar-refractivity contribution is 6.31. The topological polar surface area (TPSA) is 89.2 Å². The molecule has 1 amide bonds.